The van der Waals surface area contributed by atoms with Crippen LogP contribution in [0.1, 0.15) is 39.0 Å². The molecule has 1 saturated heterocycles. The summed E-state index contributed by atoms with van der Waals surface area (Å²) in [5, 5.41) is 12.8. The molecule has 0 aromatic carbocycles. The molecule has 1 unspecified atom stereocenters. The molecule has 0 aromatic heterocycles. The van der Waals surface area contributed by atoms with Gasteiger partial charge in [0.25, 0.3) is 0 Å². The molecule has 17 heavy (non-hydrogen) atoms. The number of ether oxygens (including phenoxy) is 1. The standard InChI is InChI=1S/C13H23NO3/c1-10-2-5-13(6-3-10,12(15)16)14-8-11-4-7-17-9-11/h10-11,14H,2-9H2,1H3,(H,15,16). The lowest BCUT2D eigenvalue weighted by Crippen LogP contribution is -2.55. The van der Waals surface area contributed by atoms with Crippen molar-refractivity contribution < 1.29 is 14.6 Å². The first-order valence-corrected chi connectivity index (χ1v) is 6.68. The maximum Gasteiger partial charge on any atom is 0.323 e. The lowest BCUT2D eigenvalue weighted by molar-refractivity contribution is -0.146. The molecule has 2 rings (SSSR count). The van der Waals surface area contributed by atoms with Gasteiger partial charge in [-0.3, -0.25) is 4.79 Å². The average Bonchev–Trinajstić information content (AvgIpc) is 2.81. The van der Waals surface area contributed by atoms with Gasteiger partial charge in [-0.05, 0) is 43.9 Å². The van der Waals surface area contributed by atoms with E-state index in [2.05, 4.69) is 12.2 Å². The molecule has 2 fully saturated rings. The number of rotatable bonds is 4. The summed E-state index contributed by atoms with van der Waals surface area (Å²) in [6, 6.07) is 0. The van der Waals surface area contributed by atoms with Gasteiger partial charge in [0.1, 0.15) is 5.54 Å². The first-order chi connectivity index (χ1) is 8.12. The third kappa shape index (κ3) is 2.99. The van der Waals surface area contributed by atoms with Crippen LogP contribution in [-0.2, 0) is 9.53 Å². The summed E-state index contributed by atoms with van der Waals surface area (Å²) < 4.78 is 5.32. The first-order valence-electron chi connectivity index (χ1n) is 6.68. The number of carbonyl (C=O) groups is 1. The van der Waals surface area contributed by atoms with Gasteiger partial charge in [0.15, 0.2) is 0 Å². The second-order valence-electron chi connectivity index (χ2n) is 5.68. The lowest BCUT2D eigenvalue weighted by atomic mass is 9.77. The van der Waals surface area contributed by atoms with Crippen LogP contribution in [-0.4, -0.2) is 36.4 Å². The van der Waals surface area contributed by atoms with E-state index in [1.54, 1.807) is 0 Å². The topological polar surface area (TPSA) is 58.6 Å². The summed E-state index contributed by atoms with van der Waals surface area (Å²) in [6.07, 6.45) is 4.61. The van der Waals surface area contributed by atoms with Crippen molar-refractivity contribution in [3.05, 3.63) is 0 Å². The van der Waals surface area contributed by atoms with Crippen LogP contribution in [0, 0.1) is 11.8 Å². The molecule has 2 N–H and O–H groups in total. The molecule has 0 aromatic rings. The van der Waals surface area contributed by atoms with Crippen LogP contribution < -0.4 is 5.32 Å². The van der Waals surface area contributed by atoms with E-state index in [0.29, 0.717) is 11.8 Å². The number of nitrogens with one attached hydrogen (secondary N) is 1. The number of hydrogen-bond donors (Lipinski definition) is 2. The summed E-state index contributed by atoms with van der Waals surface area (Å²) >= 11 is 0. The SMILES string of the molecule is CC1CCC(NCC2CCOC2)(C(=O)O)CC1. The van der Waals surface area contributed by atoms with E-state index >= 15 is 0 Å². The van der Waals surface area contributed by atoms with Crippen LogP contribution in [0.5, 0.6) is 0 Å². The molecular formula is C13H23NO3. The van der Waals surface area contributed by atoms with Gasteiger partial charge in [0, 0.05) is 13.2 Å². The predicted octanol–water partition coefficient (Wildman–Crippen LogP) is 1.65. The van der Waals surface area contributed by atoms with E-state index in [0.717, 1.165) is 51.9 Å². The summed E-state index contributed by atoms with van der Waals surface area (Å²) in [5.41, 5.74) is -0.672. The van der Waals surface area contributed by atoms with E-state index in [9.17, 15) is 9.90 Å². The van der Waals surface area contributed by atoms with Gasteiger partial charge in [-0.15, -0.1) is 0 Å². The third-order valence-corrected chi connectivity index (χ3v) is 4.29. The van der Waals surface area contributed by atoms with Crippen molar-refractivity contribution in [3.63, 3.8) is 0 Å². The van der Waals surface area contributed by atoms with Crippen molar-refractivity contribution in [1.82, 2.24) is 5.32 Å². The summed E-state index contributed by atoms with van der Waals surface area (Å²) in [7, 11) is 0. The van der Waals surface area contributed by atoms with Gasteiger partial charge < -0.3 is 15.2 Å². The Labute approximate surface area is 103 Å². The van der Waals surface area contributed by atoms with Crippen LogP contribution in [0.15, 0.2) is 0 Å². The smallest absolute Gasteiger partial charge is 0.323 e. The Balaban J connectivity index is 1.89. The maximum absolute atomic E-state index is 11.5. The number of hydrogen-bond acceptors (Lipinski definition) is 3. The second kappa shape index (κ2) is 5.36. The Kier molecular flexibility index (Phi) is 4.05. The maximum atomic E-state index is 11.5. The average molecular weight is 241 g/mol. The molecule has 1 aliphatic heterocycles. The zero-order chi connectivity index (χ0) is 12.3. The van der Waals surface area contributed by atoms with E-state index in [1.807, 2.05) is 0 Å². The summed E-state index contributed by atoms with van der Waals surface area (Å²) in [5.74, 6) is 0.480. The molecule has 98 valence electrons. The molecular weight excluding hydrogens is 218 g/mol. The first kappa shape index (κ1) is 12.8. The highest BCUT2D eigenvalue weighted by Gasteiger charge is 2.41. The van der Waals surface area contributed by atoms with E-state index < -0.39 is 11.5 Å². The lowest BCUT2D eigenvalue weighted by Gasteiger charge is -2.37. The number of carboxylic acids is 1. The van der Waals surface area contributed by atoms with E-state index in [1.165, 1.54) is 0 Å². The van der Waals surface area contributed by atoms with Crippen LogP contribution in [0.25, 0.3) is 0 Å². The van der Waals surface area contributed by atoms with Gasteiger partial charge in [-0.25, -0.2) is 0 Å². The Morgan fingerprint density at radius 1 is 1.41 bits per heavy atom. The van der Waals surface area contributed by atoms with E-state index in [4.69, 9.17) is 4.74 Å². The molecule has 1 aliphatic carbocycles. The fourth-order valence-electron chi connectivity index (χ4n) is 2.81. The van der Waals surface area contributed by atoms with Gasteiger partial charge >= 0.3 is 5.97 Å². The Hall–Kier alpha value is -0.610. The molecule has 1 heterocycles. The molecule has 1 saturated carbocycles. The molecule has 4 heteroatoms. The highest BCUT2D eigenvalue weighted by atomic mass is 16.5. The number of aliphatic carboxylic acids is 1. The molecule has 0 spiro atoms. The fraction of sp³-hybridized carbons (Fsp3) is 0.923. The molecule has 2 aliphatic rings. The van der Waals surface area contributed by atoms with Crippen LogP contribution in [0.3, 0.4) is 0 Å². The fourth-order valence-corrected chi connectivity index (χ4v) is 2.81. The van der Waals surface area contributed by atoms with E-state index in [-0.39, 0.29) is 0 Å². The van der Waals surface area contributed by atoms with Crippen LogP contribution >= 0.6 is 0 Å². The minimum absolute atomic E-state index is 0.491. The monoisotopic (exact) mass is 241 g/mol. The predicted molar refractivity (Wildman–Crippen MR) is 64.9 cm³/mol. The highest BCUT2D eigenvalue weighted by Crippen LogP contribution is 2.32. The minimum atomic E-state index is -0.677. The summed E-state index contributed by atoms with van der Waals surface area (Å²) in [6.45, 7) is 4.58. The highest BCUT2D eigenvalue weighted by molar-refractivity contribution is 5.78. The second-order valence-corrected chi connectivity index (χ2v) is 5.68. The van der Waals surface area contributed by atoms with Gasteiger partial charge in [-0.1, -0.05) is 6.92 Å². The van der Waals surface area contributed by atoms with Crippen molar-refractivity contribution in [2.75, 3.05) is 19.8 Å². The normalized spacial score (nSPS) is 38.2. The van der Waals surface area contributed by atoms with Crippen molar-refractivity contribution in [1.29, 1.82) is 0 Å². The quantitative estimate of drug-likeness (QED) is 0.785. The van der Waals surface area contributed by atoms with Gasteiger partial charge in [0.05, 0.1) is 6.61 Å². The van der Waals surface area contributed by atoms with Crippen molar-refractivity contribution >= 4 is 5.97 Å². The van der Waals surface area contributed by atoms with Crippen molar-refractivity contribution in [3.8, 4) is 0 Å². The van der Waals surface area contributed by atoms with Crippen molar-refractivity contribution in [2.45, 2.75) is 44.6 Å². The summed E-state index contributed by atoms with van der Waals surface area (Å²) in [4.78, 5) is 11.5. The molecule has 0 radical (unpaired) electrons. The van der Waals surface area contributed by atoms with Crippen molar-refractivity contribution in [2.24, 2.45) is 11.8 Å². The van der Waals surface area contributed by atoms with Crippen LogP contribution in [0.2, 0.25) is 0 Å². The van der Waals surface area contributed by atoms with Gasteiger partial charge in [-0.2, -0.15) is 0 Å². The minimum Gasteiger partial charge on any atom is -0.480 e. The van der Waals surface area contributed by atoms with Crippen LogP contribution in [0.4, 0.5) is 0 Å². The molecule has 0 bridgehead atoms. The Morgan fingerprint density at radius 3 is 2.65 bits per heavy atom. The van der Waals surface area contributed by atoms with Gasteiger partial charge in [0.2, 0.25) is 0 Å². The Bertz CT molecular complexity index is 266. The largest absolute Gasteiger partial charge is 0.480 e. The zero-order valence-electron chi connectivity index (χ0n) is 10.6. The molecule has 1 atom stereocenters. The molecule has 4 nitrogen and oxygen atoms in total. The third-order valence-electron chi connectivity index (χ3n) is 4.29. The Morgan fingerprint density at radius 2 is 2.12 bits per heavy atom. The zero-order valence-corrected chi connectivity index (χ0v) is 10.6. The number of carboxylic acid groups (broad SMARTS) is 1. The molecule has 0 amide bonds.